The molecular weight excluding hydrogens is 268 g/mol. The van der Waals surface area contributed by atoms with Crippen molar-refractivity contribution in [3.63, 3.8) is 0 Å². The molecule has 3 N–H and O–H groups in total. The fraction of sp³-hybridized carbons (Fsp3) is 0.182. The number of carbonyl (C=O) groups excluding carboxylic acids is 1. The monoisotopic (exact) mass is 280 g/mol. The van der Waals surface area contributed by atoms with Crippen LogP contribution in [0.3, 0.4) is 0 Å². The van der Waals surface area contributed by atoms with Crippen molar-refractivity contribution >= 4 is 17.3 Å². The van der Waals surface area contributed by atoms with Gasteiger partial charge in [0.1, 0.15) is 17.2 Å². The average molecular weight is 280 g/mol. The van der Waals surface area contributed by atoms with Gasteiger partial charge in [0.05, 0.1) is 12.0 Å². The zero-order valence-electron chi connectivity index (χ0n) is 10.7. The van der Waals surface area contributed by atoms with Gasteiger partial charge in [-0.15, -0.1) is 10.2 Å². The number of aliphatic hydroxyl groups excluding tert-OH is 1. The number of hydrogen-bond acceptors (Lipinski definition) is 7. The molecule has 1 rings (SSSR count). The number of allylic oxidation sites excluding steroid dienone is 1. The van der Waals surface area contributed by atoms with Gasteiger partial charge < -0.3 is 15.6 Å². The van der Waals surface area contributed by atoms with E-state index in [2.05, 4.69) is 10.2 Å². The van der Waals surface area contributed by atoms with Gasteiger partial charge in [-0.1, -0.05) is 0 Å². The van der Waals surface area contributed by atoms with Crippen LogP contribution < -0.4 is 10.5 Å². The third-order valence-corrected chi connectivity index (χ3v) is 2.21. The van der Waals surface area contributed by atoms with E-state index in [4.69, 9.17) is 10.5 Å². The first-order chi connectivity index (χ1) is 9.36. The summed E-state index contributed by atoms with van der Waals surface area (Å²) in [6, 6.07) is 3.69. The molecule has 9 heteroatoms. The summed E-state index contributed by atoms with van der Waals surface area (Å²) >= 11 is 0. The molecule has 0 aromatic heterocycles. The summed E-state index contributed by atoms with van der Waals surface area (Å²) < 4.78 is 4.96. The maximum absolute atomic E-state index is 11.0. The molecule has 0 saturated heterocycles. The second-order valence-electron chi connectivity index (χ2n) is 3.61. The van der Waals surface area contributed by atoms with E-state index in [0.717, 1.165) is 6.07 Å². The number of nitrogens with two attached hydrogens (primary N) is 1. The number of nitrogens with zero attached hydrogens (tertiary/aromatic N) is 3. The van der Waals surface area contributed by atoms with Crippen LogP contribution in [0.5, 0.6) is 5.75 Å². The molecule has 1 aromatic carbocycles. The molecule has 0 aliphatic rings. The van der Waals surface area contributed by atoms with Crippen LogP contribution in [0.2, 0.25) is 0 Å². The van der Waals surface area contributed by atoms with Crippen molar-refractivity contribution in [1.29, 1.82) is 0 Å². The first-order valence-electron chi connectivity index (χ1n) is 5.30. The third kappa shape index (κ3) is 3.51. The van der Waals surface area contributed by atoms with E-state index in [1.54, 1.807) is 0 Å². The Morgan fingerprint density at radius 3 is 2.60 bits per heavy atom. The Bertz CT molecular complexity index is 605. The fourth-order valence-electron chi connectivity index (χ4n) is 1.27. The number of nitro benzene ring substituents is 1. The van der Waals surface area contributed by atoms with E-state index in [0.29, 0.717) is 0 Å². The van der Waals surface area contributed by atoms with Crippen LogP contribution in [0.4, 0.5) is 11.4 Å². The summed E-state index contributed by atoms with van der Waals surface area (Å²) in [5, 5.41) is 27.0. The first kappa shape index (κ1) is 15.1. The standard InChI is InChI=1S/C11H12N4O5/c1-6(16)10(11(12)17)14-13-8-5-7(15(18)19)3-4-9(8)20-2/h3-5,16H,1-2H3,(H2,12,17)/b10-6-,14-13?. The summed E-state index contributed by atoms with van der Waals surface area (Å²) in [5.74, 6) is -1.16. The van der Waals surface area contributed by atoms with Crippen molar-refractivity contribution in [3.8, 4) is 5.75 Å². The molecule has 0 aliphatic carbocycles. The summed E-state index contributed by atoms with van der Waals surface area (Å²) in [7, 11) is 1.35. The molecular formula is C11H12N4O5. The Morgan fingerprint density at radius 2 is 2.15 bits per heavy atom. The topological polar surface area (TPSA) is 140 Å². The van der Waals surface area contributed by atoms with Crippen LogP contribution in [-0.4, -0.2) is 23.0 Å². The number of rotatable bonds is 5. The van der Waals surface area contributed by atoms with E-state index in [1.165, 1.54) is 26.2 Å². The van der Waals surface area contributed by atoms with E-state index < -0.39 is 22.3 Å². The van der Waals surface area contributed by atoms with Crippen molar-refractivity contribution in [3.05, 3.63) is 39.8 Å². The van der Waals surface area contributed by atoms with E-state index in [1.807, 2.05) is 0 Å². The molecule has 106 valence electrons. The molecule has 0 aliphatic heterocycles. The molecule has 0 radical (unpaired) electrons. The summed E-state index contributed by atoms with van der Waals surface area (Å²) in [5.41, 5.74) is 4.37. The highest BCUT2D eigenvalue weighted by atomic mass is 16.6. The largest absolute Gasteiger partial charge is 0.510 e. The average Bonchev–Trinajstić information content (AvgIpc) is 2.37. The minimum absolute atomic E-state index is 0.0294. The summed E-state index contributed by atoms with van der Waals surface area (Å²) in [6.45, 7) is 1.21. The zero-order valence-corrected chi connectivity index (χ0v) is 10.7. The van der Waals surface area contributed by atoms with Gasteiger partial charge >= 0.3 is 0 Å². The summed E-state index contributed by atoms with van der Waals surface area (Å²) in [4.78, 5) is 21.1. The number of methoxy groups -OCH3 is 1. The number of hydrogen-bond donors (Lipinski definition) is 2. The highest BCUT2D eigenvalue weighted by molar-refractivity contribution is 5.91. The second-order valence-corrected chi connectivity index (χ2v) is 3.61. The number of benzene rings is 1. The first-order valence-corrected chi connectivity index (χ1v) is 5.30. The van der Waals surface area contributed by atoms with Crippen molar-refractivity contribution < 1.29 is 19.6 Å². The molecule has 9 nitrogen and oxygen atoms in total. The highest BCUT2D eigenvalue weighted by Gasteiger charge is 2.13. The van der Waals surface area contributed by atoms with Crippen LogP contribution in [0.1, 0.15) is 6.92 Å². The highest BCUT2D eigenvalue weighted by Crippen LogP contribution is 2.32. The van der Waals surface area contributed by atoms with Crippen molar-refractivity contribution in [2.75, 3.05) is 7.11 Å². The number of primary amides is 1. The molecule has 1 aromatic rings. The van der Waals surface area contributed by atoms with Gasteiger partial charge in [-0.2, -0.15) is 0 Å². The number of non-ortho nitro benzene ring substituents is 1. The fourth-order valence-corrected chi connectivity index (χ4v) is 1.27. The number of carbonyl (C=O) groups is 1. The Kier molecular flexibility index (Phi) is 4.73. The molecule has 1 amide bonds. The lowest BCUT2D eigenvalue weighted by atomic mass is 10.2. The van der Waals surface area contributed by atoms with Crippen LogP contribution in [0, 0.1) is 10.1 Å². The maximum atomic E-state index is 11.0. The minimum atomic E-state index is -0.974. The quantitative estimate of drug-likeness (QED) is 0.279. The minimum Gasteiger partial charge on any atom is -0.510 e. The molecule has 0 spiro atoms. The lowest BCUT2D eigenvalue weighted by Gasteiger charge is -2.03. The van der Waals surface area contributed by atoms with Gasteiger partial charge in [-0.3, -0.25) is 14.9 Å². The van der Waals surface area contributed by atoms with Gasteiger partial charge in [-0.05, 0) is 13.0 Å². The summed E-state index contributed by atoms with van der Waals surface area (Å²) in [6.07, 6.45) is 0. The molecule has 0 heterocycles. The molecule has 0 saturated carbocycles. The Balaban J connectivity index is 3.25. The molecule has 0 bridgehead atoms. The third-order valence-electron chi connectivity index (χ3n) is 2.21. The smallest absolute Gasteiger partial charge is 0.272 e. The van der Waals surface area contributed by atoms with Crippen LogP contribution >= 0.6 is 0 Å². The van der Waals surface area contributed by atoms with Crippen molar-refractivity contribution in [2.45, 2.75) is 6.92 Å². The van der Waals surface area contributed by atoms with Crippen LogP contribution in [-0.2, 0) is 4.79 Å². The van der Waals surface area contributed by atoms with E-state index in [9.17, 15) is 20.0 Å². The van der Waals surface area contributed by atoms with Gasteiger partial charge in [0, 0.05) is 12.1 Å². The number of ether oxygens (including phenoxy) is 1. The predicted molar refractivity (Wildman–Crippen MR) is 68.7 cm³/mol. The lowest BCUT2D eigenvalue weighted by Crippen LogP contribution is -2.13. The second kappa shape index (κ2) is 6.27. The van der Waals surface area contributed by atoms with Crippen LogP contribution in [0.25, 0.3) is 0 Å². The van der Waals surface area contributed by atoms with Gasteiger partial charge in [-0.25, -0.2) is 0 Å². The Morgan fingerprint density at radius 1 is 1.50 bits per heavy atom. The number of azo groups is 1. The Hall–Kier alpha value is -2.97. The maximum Gasteiger partial charge on any atom is 0.272 e. The van der Waals surface area contributed by atoms with Gasteiger partial charge in [0.15, 0.2) is 5.70 Å². The van der Waals surface area contributed by atoms with Gasteiger partial charge in [0.2, 0.25) is 0 Å². The van der Waals surface area contributed by atoms with Gasteiger partial charge in [0.25, 0.3) is 11.6 Å². The Labute approximate surface area is 113 Å². The SMILES string of the molecule is COc1ccc([N+](=O)[O-])cc1N=N/C(C(N)=O)=C(/C)O. The molecule has 0 atom stereocenters. The van der Waals surface area contributed by atoms with E-state index in [-0.39, 0.29) is 17.1 Å². The van der Waals surface area contributed by atoms with Crippen LogP contribution in [0.15, 0.2) is 39.9 Å². The predicted octanol–water partition coefficient (Wildman–Crippen LogP) is 1.96. The number of nitro groups is 1. The lowest BCUT2D eigenvalue weighted by molar-refractivity contribution is -0.384. The van der Waals surface area contributed by atoms with Crippen molar-refractivity contribution in [1.82, 2.24) is 0 Å². The van der Waals surface area contributed by atoms with E-state index >= 15 is 0 Å². The molecule has 20 heavy (non-hydrogen) atoms. The molecule has 0 fully saturated rings. The molecule has 0 unspecified atom stereocenters. The number of aliphatic hydroxyl groups is 1. The zero-order chi connectivity index (χ0) is 15.3. The van der Waals surface area contributed by atoms with Crippen molar-refractivity contribution in [2.24, 2.45) is 16.0 Å². The number of amides is 1. The normalized spacial score (nSPS) is 12.1.